The van der Waals surface area contributed by atoms with Gasteiger partial charge in [-0.1, -0.05) is 26.7 Å². The zero-order valence-corrected chi connectivity index (χ0v) is 13.1. The number of hydrogen-bond acceptors (Lipinski definition) is 3. The molecule has 0 spiro atoms. The zero-order valence-electron chi connectivity index (χ0n) is 13.1. The zero-order chi connectivity index (χ0) is 14.6. The van der Waals surface area contributed by atoms with Crippen molar-refractivity contribution in [3.8, 4) is 0 Å². The summed E-state index contributed by atoms with van der Waals surface area (Å²) < 4.78 is 0. The Balaban J connectivity index is 2.65. The molecular weight excluding hydrogens is 238 g/mol. The summed E-state index contributed by atoms with van der Waals surface area (Å²) in [6.07, 6.45) is 4.68. The Morgan fingerprint density at radius 3 is 2.32 bits per heavy atom. The van der Waals surface area contributed by atoms with E-state index in [0.717, 1.165) is 12.8 Å². The molecule has 4 nitrogen and oxygen atoms in total. The van der Waals surface area contributed by atoms with Gasteiger partial charge in [0.15, 0.2) is 0 Å². The van der Waals surface area contributed by atoms with Gasteiger partial charge in [-0.3, -0.25) is 9.69 Å². The molecular formula is C15H31N3O. The third kappa shape index (κ3) is 4.46. The van der Waals surface area contributed by atoms with Crippen LogP contribution >= 0.6 is 0 Å². The first-order valence-corrected chi connectivity index (χ1v) is 7.62. The second-order valence-corrected chi connectivity index (χ2v) is 6.50. The number of likely N-dealkylation sites (N-methyl/N-ethyl adjacent to an activating group) is 1. The van der Waals surface area contributed by atoms with Crippen LogP contribution in [-0.4, -0.2) is 42.0 Å². The number of rotatable bonds is 5. The predicted molar refractivity (Wildman–Crippen MR) is 79.9 cm³/mol. The Hall–Kier alpha value is -0.610. The van der Waals surface area contributed by atoms with E-state index in [2.05, 4.69) is 31.1 Å². The third-order valence-corrected chi connectivity index (χ3v) is 4.42. The Labute approximate surface area is 118 Å². The third-order valence-electron chi connectivity index (χ3n) is 4.42. The lowest BCUT2D eigenvalue weighted by molar-refractivity contribution is -0.124. The summed E-state index contributed by atoms with van der Waals surface area (Å²) in [7, 11) is 2.15. The molecule has 0 aliphatic heterocycles. The molecule has 1 fully saturated rings. The second-order valence-electron chi connectivity index (χ2n) is 6.50. The first kappa shape index (κ1) is 16.4. The first-order valence-electron chi connectivity index (χ1n) is 7.62. The summed E-state index contributed by atoms with van der Waals surface area (Å²) in [5, 5.41) is 3.18. The van der Waals surface area contributed by atoms with Crippen molar-refractivity contribution in [2.75, 3.05) is 7.05 Å². The van der Waals surface area contributed by atoms with Gasteiger partial charge >= 0.3 is 0 Å². The van der Waals surface area contributed by atoms with E-state index < -0.39 is 6.04 Å². The maximum Gasteiger partial charge on any atom is 0.237 e. The van der Waals surface area contributed by atoms with Crippen LogP contribution in [0.25, 0.3) is 0 Å². The van der Waals surface area contributed by atoms with E-state index in [9.17, 15) is 4.79 Å². The molecule has 1 amide bonds. The fourth-order valence-corrected chi connectivity index (χ4v) is 2.73. The maximum absolute atomic E-state index is 12.1. The average molecular weight is 269 g/mol. The second kappa shape index (κ2) is 7.25. The van der Waals surface area contributed by atoms with Crippen molar-refractivity contribution in [3.63, 3.8) is 0 Å². The topological polar surface area (TPSA) is 58.4 Å². The van der Waals surface area contributed by atoms with Crippen molar-refractivity contribution in [2.24, 2.45) is 11.7 Å². The van der Waals surface area contributed by atoms with Gasteiger partial charge in [-0.25, -0.2) is 0 Å². The van der Waals surface area contributed by atoms with Crippen LogP contribution in [0.4, 0.5) is 0 Å². The fourth-order valence-electron chi connectivity index (χ4n) is 2.73. The first-order chi connectivity index (χ1) is 8.84. The van der Waals surface area contributed by atoms with E-state index in [-0.39, 0.29) is 17.9 Å². The van der Waals surface area contributed by atoms with Crippen molar-refractivity contribution in [2.45, 2.75) is 77.5 Å². The minimum absolute atomic E-state index is 0.00376. The molecule has 112 valence electrons. The number of nitrogens with two attached hydrogens (primary N) is 1. The van der Waals surface area contributed by atoms with Crippen LogP contribution in [-0.2, 0) is 4.79 Å². The molecule has 0 bridgehead atoms. The molecule has 1 aliphatic rings. The molecule has 0 aromatic heterocycles. The highest BCUT2D eigenvalue weighted by Gasteiger charge is 2.31. The van der Waals surface area contributed by atoms with E-state index in [1.54, 1.807) is 0 Å². The van der Waals surface area contributed by atoms with Crippen LogP contribution in [0.2, 0.25) is 0 Å². The molecule has 1 rings (SSSR count). The lowest BCUT2D eigenvalue weighted by Gasteiger charge is -2.40. The van der Waals surface area contributed by atoms with Crippen LogP contribution < -0.4 is 11.1 Å². The number of nitrogens with zero attached hydrogens (tertiary/aromatic N) is 1. The molecule has 3 atom stereocenters. The van der Waals surface area contributed by atoms with Crippen LogP contribution in [0.5, 0.6) is 0 Å². The van der Waals surface area contributed by atoms with Crippen LogP contribution in [0, 0.1) is 5.92 Å². The Bertz CT molecular complexity index is 291. The van der Waals surface area contributed by atoms with Crippen molar-refractivity contribution in [1.29, 1.82) is 0 Å². The number of hydrogen-bond donors (Lipinski definition) is 2. The van der Waals surface area contributed by atoms with Crippen LogP contribution in [0.15, 0.2) is 0 Å². The molecule has 0 aromatic rings. The van der Waals surface area contributed by atoms with Gasteiger partial charge < -0.3 is 11.1 Å². The minimum Gasteiger partial charge on any atom is -0.350 e. The van der Waals surface area contributed by atoms with Gasteiger partial charge in [0.1, 0.15) is 0 Å². The molecule has 1 saturated carbocycles. The molecule has 2 unspecified atom stereocenters. The molecule has 0 heterocycles. The smallest absolute Gasteiger partial charge is 0.237 e. The van der Waals surface area contributed by atoms with Crippen LogP contribution in [0.3, 0.4) is 0 Å². The largest absolute Gasteiger partial charge is 0.350 e. The SMILES string of the molecule is CC(C)[C@H](N)C(=O)NC1CCCCC1N(C)C(C)C. The van der Waals surface area contributed by atoms with Gasteiger partial charge in [0, 0.05) is 18.1 Å². The lowest BCUT2D eigenvalue weighted by atomic mass is 9.88. The number of carbonyl (C=O) groups is 1. The quantitative estimate of drug-likeness (QED) is 0.799. The minimum atomic E-state index is -0.396. The molecule has 4 heteroatoms. The highest BCUT2D eigenvalue weighted by molar-refractivity contribution is 5.82. The normalized spacial score (nSPS) is 25.9. The predicted octanol–water partition coefficient (Wildman–Crippen LogP) is 1.74. The highest BCUT2D eigenvalue weighted by atomic mass is 16.2. The van der Waals surface area contributed by atoms with Crippen molar-refractivity contribution < 1.29 is 4.79 Å². The van der Waals surface area contributed by atoms with Gasteiger partial charge in [0.05, 0.1) is 6.04 Å². The summed E-state index contributed by atoms with van der Waals surface area (Å²) in [4.78, 5) is 14.5. The van der Waals surface area contributed by atoms with Gasteiger partial charge in [0.25, 0.3) is 0 Å². The Morgan fingerprint density at radius 1 is 1.21 bits per heavy atom. The summed E-state index contributed by atoms with van der Waals surface area (Å²) in [5.74, 6) is 0.189. The Morgan fingerprint density at radius 2 is 1.79 bits per heavy atom. The van der Waals surface area contributed by atoms with Crippen molar-refractivity contribution >= 4 is 5.91 Å². The van der Waals surface area contributed by atoms with E-state index in [1.165, 1.54) is 12.8 Å². The van der Waals surface area contributed by atoms with Crippen LogP contribution in [0.1, 0.15) is 53.4 Å². The summed E-state index contributed by atoms with van der Waals surface area (Å²) in [6.45, 7) is 8.38. The molecule has 19 heavy (non-hydrogen) atoms. The van der Waals surface area contributed by atoms with E-state index in [1.807, 2.05) is 13.8 Å². The number of nitrogens with one attached hydrogen (secondary N) is 1. The average Bonchev–Trinajstić information content (AvgIpc) is 2.37. The van der Waals surface area contributed by atoms with Gasteiger partial charge in [0.2, 0.25) is 5.91 Å². The number of carbonyl (C=O) groups excluding carboxylic acids is 1. The Kier molecular flexibility index (Phi) is 6.27. The molecule has 0 radical (unpaired) electrons. The monoisotopic (exact) mass is 269 g/mol. The van der Waals surface area contributed by atoms with Gasteiger partial charge in [-0.15, -0.1) is 0 Å². The number of amides is 1. The molecule has 1 aliphatic carbocycles. The molecule has 0 aromatic carbocycles. The van der Waals surface area contributed by atoms with Gasteiger partial charge in [-0.05, 0) is 39.7 Å². The summed E-state index contributed by atoms with van der Waals surface area (Å²) in [6, 6.07) is 0.795. The van der Waals surface area contributed by atoms with E-state index >= 15 is 0 Å². The van der Waals surface area contributed by atoms with E-state index in [4.69, 9.17) is 5.73 Å². The molecule has 3 N–H and O–H groups in total. The van der Waals surface area contributed by atoms with Gasteiger partial charge in [-0.2, -0.15) is 0 Å². The lowest BCUT2D eigenvalue weighted by Crippen LogP contribution is -2.57. The van der Waals surface area contributed by atoms with Crippen molar-refractivity contribution in [1.82, 2.24) is 10.2 Å². The summed E-state index contributed by atoms with van der Waals surface area (Å²) in [5.41, 5.74) is 5.93. The standard InChI is InChI=1S/C15H31N3O/c1-10(2)14(16)15(19)17-12-8-6-7-9-13(12)18(5)11(3)4/h10-14H,6-9,16H2,1-5H3,(H,17,19)/t12?,13?,14-/m0/s1. The molecule has 0 saturated heterocycles. The maximum atomic E-state index is 12.1. The van der Waals surface area contributed by atoms with Crippen molar-refractivity contribution in [3.05, 3.63) is 0 Å². The fraction of sp³-hybridized carbons (Fsp3) is 0.933. The summed E-state index contributed by atoms with van der Waals surface area (Å²) >= 11 is 0. The highest BCUT2D eigenvalue weighted by Crippen LogP contribution is 2.24. The van der Waals surface area contributed by atoms with E-state index in [0.29, 0.717) is 12.1 Å².